The van der Waals surface area contributed by atoms with Crippen LogP contribution in [0.2, 0.25) is 0 Å². The van der Waals surface area contributed by atoms with Gasteiger partial charge in [0, 0.05) is 31.4 Å². The van der Waals surface area contributed by atoms with Crippen molar-refractivity contribution in [2.75, 3.05) is 19.6 Å². The maximum absolute atomic E-state index is 12.4. The molecule has 6 nitrogen and oxygen atoms in total. The highest BCUT2D eigenvalue weighted by molar-refractivity contribution is 5.78. The van der Waals surface area contributed by atoms with E-state index in [1.165, 1.54) is 12.8 Å². The number of hydrogen-bond donors (Lipinski definition) is 1. The van der Waals surface area contributed by atoms with E-state index in [0.717, 1.165) is 55.9 Å². The van der Waals surface area contributed by atoms with E-state index >= 15 is 0 Å². The third kappa shape index (κ3) is 3.90. The Hall–Kier alpha value is -1.95. The molecular formula is C20H29N5O. The molecule has 0 radical (unpaired) electrons. The molecular weight excluding hydrogens is 326 g/mol. The molecule has 2 aromatic rings. The van der Waals surface area contributed by atoms with Gasteiger partial charge in [-0.15, -0.1) is 0 Å². The van der Waals surface area contributed by atoms with Gasteiger partial charge in [-0.3, -0.25) is 9.69 Å². The highest BCUT2D eigenvalue weighted by Gasteiger charge is 2.25. The van der Waals surface area contributed by atoms with E-state index < -0.39 is 0 Å². The zero-order valence-corrected chi connectivity index (χ0v) is 15.6. The number of carbonyl (C=O) groups is 1. The average Bonchev–Trinajstić information content (AvgIpc) is 3.08. The van der Waals surface area contributed by atoms with E-state index in [4.69, 9.17) is 0 Å². The smallest absolute Gasteiger partial charge is 0.234 e. The van der Waals surface area contributed by atoms with Crippen LogP contribution in [0.3, 0.4) is 0 Å². The Balaban J connectivity index is 1.26. The summed E-state index contributed by atoms with van der Waals surface area (Å²) >= 11 is 0. The number of carbonyl (C=O) groups excluding carboxylic acids is 1. The van der Waals surface area contributed by atoms with Crippen LogP contribution < -0.4 is 5.32 Å². The first-order chi connectivity index (χ1) is 12.7. The van der Waals surface area contributed by atoms with Crippen LogP contribution in [0, 0.1) is 5.92 Å². The van der Waals surface area contributed by atoms with E-state index in [0.29, 0.717) is 18.6 Å². The highest BCUT2D eigenvalue weighted by atomic mass is 16.2. The lowest BCUT2D eigenvalue weighted by atomic mass is 9.87. The number of nitrogens with one attached hydrogen (secondary N) is 1. The molecule has 140 valence electrons. The van der Waals surface area contributed by atoms with E-state index in [2.05, 4.69) is 31.7 Å². The lowest BCUT2D eigenvalue weighted by Gasteiger charge is -2.33. The highest BCUT2D eigenvalue weighted by Crippen LogP contribution is 2.26. The van der Waals surface area contributed by atoms with Gasteiger partial charge >= 0.3 is 0 Å². The van der Waals surface area contributed by atoms with E-state index in [9.17, 15) is 4.79 Å². The van der Waals surface area contributed by atoms with Gasteiger partial charge in [-0.25, -0.2) is 9.97 Å². The predicted molar refractivity (Wildman–Crippen MR) is 102 cm³/mol. The summed E-state index contributed by atoms with van der Waals surface area (Å²) in [5.41, 5.74) is 1.92. The number of aromatic nitrogens is 3. The summed E-state index contributed by atoms with van der Waals surface area (Å²) < 4.78 is 2.20. The molecule has 2 aromatic heterocycles. The second kappa shape index (κ2) is 7.74. The minimum atomic E-state index is 0.192. The number of rotatable bonds is 4. The second-order valence-electron chi connectivity index (χ2n) is 8.03. The van der Waals surface area contributed by atoms with Crippen molar-refractivity contribution in [2.45, 2.75) is 57.5 Å². The molecule has 6 heteroatoms. The van der Waals surface area contributed by atoms with Crippen molar-refractivity contribution in [1.82, 2.24) is 24.8 Å². The van der Waals surface area contributed by atoms with Gasteiger partial charge in [-0.05, 0) is 56.6 Å². The summed E-state index contributed by atoms with van der Waals surface area (Å²) in [5, 5.41) is 3.24. The van der Waals surface area contributed by atoms with Crippen molar-refractivity contribution in [3.8, 4) is 0 Å². The van der Waals surface area contributed by atoms with E-state index in [1.54, 1.807) is 0 Å². The standard InChI is InChI=1S/C20H29N5O/c1-15-4-6-16(7-5-15)23-19(26)13-24-11-8-17(9-12-24)25-14-22-18-3-2-10-21-20(18)25/h2-3,10,14-17H,4-9,11-13H2,1H3,(H,23,26). The number of hydrogen-bond acceptors (Lipinski definition) is 4. The average molecular weight is 355 g/mol. The zero-order valence-electron chi connectivity index (χ0n) is 15.6. The predicted octanol–water partition coefficient (Wildman–Crippen LogP) is 2.76. The number of likely N-dealkylation sites (tertiary alicyclic amines) is 1. The van der Waals surface area contributed by atoms with Gasteiger partial charge in [-0.1, -0.05) is 6.92 Å². The Morgan fingerprint density at radius 2 is 1.92 bits per heavy atom. The van der Waals surface area contributed by atoms with Crippen LogP contribution in [-0.4, -0.2) is 51.0 Å². The first-order valence-electron chi connectivity index (χ1n) is 9.98. The molecule has 2 aliphatic rings. The lowest BCUT2D eigenvalue weighted by Crippen LogP contribution is -2.45. The van der Waals surface area contributed by atoms with Crippen LogP contribution in [0.1, 0.15) is 51.5 Å². The third-order valence-electron chi connectivity index (χ3n) is 6.03. The van der Waals surface area contributed by atoms with Crippen molar-refractivity contribution in [2.24, 2.45) is 5.92 Å². The summed E-state index contributed by atoms with van der Waals surface area (Å²) in [4.78, 5) is 23.6. The summed E-state index contributed by atoms with van der Waals surface area (Å²) in [6, 6.07) is 4.74. The minimum Gasteiger partial charge on any atom is -0.352 e. The molecule has 1 saturated carbocycles. The van der Waals surface area contributed by atoms with Crippen molar-refractivity contribution >= 4 is 17.1 Å². The summed E-state index contributed by atoms with van der Waals surface area (Å²) in [7, 11) is 0. The lowest BCUT2D eigenvalue weighted by molar-refractivity contribution is -0.123. The Labute approximate surface area is 155 Å². The molecule has 0 unspecified atom stereocenters. The van der Waals surface area contributed by atoms with Gasteiger partial charge in [0.05, 0.1) is 12.9 Å². The molecule has 3 heterocycles. The van der Waals surface area contributed by atoms with E-state index in [-0.39, 0.29) is 5.91 Å². The van der Waals surface area contributed by atoms with Crippen LogP contribution in [0.15, 0.2) is 24.7 Å². The number of nitrogens with zero attached hydrogens (tertiary/aromatic N) is 4. The Kier molecular flexibility index (Phi) is 5.20. The minimum absolute atomic E-state index is 0.192. The molecule has 0 aromatic carbocycles. The molecule has 26 heavy (non-hydrogen) atoms. The van der Waals surface area contributed by atoms with Gasteiger partial charge in [0.25, 0.3) is 0 Å². The molecule has 1 N–H and O–H groups in total. The van der Waals surface area contributed by atoms with Gasteiger partial charge in [-0.2, -0.15) is 0 Å². The molecule has 1 aliphatic carbocycles. The number of amides is 1. The first-order valence-corrected chi connectivity index (χ1v) is 9.98. The molecule has 1 saturated heterocycles. The first kappa shape index (κ1) is 17.5. The van der Waals surface area contributed by atoms with Crippen LogP contribution in [0.5, 0.6) is 0 Å². The van der Waals surface area contributed by atoms with Crippen molar-refractivity contribution in [1.29, 1.82) is 0 Å². The maximum Gasteiger partial charge on any atom is 0.234 e. The van der Waals surface area contributed by atoms with Crippen LogP contribution in [0.4, 0.5) is 0 Å². The Morgan fingerprint density at radius 1 is 1.15 bits per heavy atom. The van der Waals surface area contributed by atoms with Gasteiger partial charge < -0.3 is 9.88 Å². The van der Waals surface area contributed by atoms with Gasteiger partial charge in [0.2, 0.25) is 5.91 Å². The Bertz CT molecular complexity index is 741. The van der Waals surface area contributed by atoms with Crippen LogP contribution in [0.25, 0.3) is 11.2 Å². The topological polar surface area (TPSA) is 63.1 Å². The quantitative estimate of drug-likeness (QED) is 0.916. The van der Waals surface area contributed by atoms with E-state index in [1.807, 2.05) is 24.7 Å². The third-order valence-corrected chi connectivity index (χ3v) is 6.03. The summed E-state index contributed by atoms with van der Waals surface area (Å²) in [6.45, 7) is 4.74. The van der Waals surface area contributed by atoms with Gasteiger partial charge in [0.15, 0.2) is 5.65 Å². The second-order valence-corrected chi connectivity index (χ2v) is 8.03. The van der Waals surface area contributed by atoms with Crippen molar-refractivity contribution in [3.63, 3.8) is 0 Å². The zero-order chi connectivity index (χ0) is 17.9. The molecule has 0 bridgehead atoms. The monoisotopic (exact) mass is 355 g/mol. The maximum atomic E-state index is 12.4. The molecule has 1 aliphatic heterocycles. The number of pyridine rings is 1. The summed E-state index contributed by atoms with van der Waals surface area (Å²) in [5.74, 6) is 1.01. The molecule has 0 spiro atoms. The fourth-order valence-electron chi connectivity index (χ4n) is 4.37. The normalized spacial score (nSPS) is 25.4. The molecule has 1 amide bonds. The SMILES string of the molecule is CC1CCC(NC(=O)CN2CCC(n3cnc4cccnc43)CC2)CC1. The van der Waals surface area contributed by atoms with Crippen LogP contribution >= 0.6 is 0 Å². The number of piperidine rings is 1. The number of fused-ring (bicyclic) bond motifs is 1. The Morgan fingerprint density at radius 3 is 2.69 bits per heavy atom. The fourth-order valence-corrected chi connectivity index (χ4v) is 4.37. The van der Waals surface area contributed by atoms with Crippen LogP contribution in [-0.2, 0) is 4.79 Å². The van der Waals surface area contributed by atoms with Gasteiger partial charge in [0.1, 0.15) is 5.52 Å². The molecule has 2 fully saturated rings. The molecule has 4 rings (SSSR count). The summed E-state index contributed by atoms with van der Waals surface area (Å²) in [6.07, 6.45) is 10.6. The van der Waals surface area contributed by atoms with Crippen molar-refractivity contribution < 1.29 is 4.79 Å². The number of imidazole rings is 1. The fraction of sp³-hybridized carbons (Fsp3) is 0.650. The molecule has 0 atom stereocenters. The van der Waals surface area contributed by atoms with Crippen molar-refractivity contribution in [3.05, 3.63) is 24.7 Å². The largest absolute Gasteiger partial charge is 0.352 e.